The molecule has 138 valence electrons. The van der Waals surface area contributed by atoms with Crippen LogP contribution in [0.2, 0.25) is 10.0 Å². The van der Waals surface area contributed by atoms with Crippen LogP contribution in [0.25, 0.3) is 0 Å². The molecule has 0 aliphatic rings. The summed E-state index contributed by atoms with van der Waals surface area (Å²) < 4.78 is 1.49. The van der Waals surface area contributed by atoms with Gasteiger partial charge in [-0.05, 0) is 35.4 Å². The normalized spacial score (nSPS) is 10.6. The van der Waals surface area contributed by atoms with E-state index in [0.29, 0.717) is 28.7 Å². The number of nitrogens with zero attached hydrogens (tertiary/aromatic N) is 2. The zero-order valence-corrected chi connectivity index (χ0v) is 16.2. The number of pyridine rings is 1. The Morgan fingerprint density at radius 1 is 1.00 bits per heavy atom. The van der Waals surface area contributed by atoms with Gasteiger partial charge in [0.15, 0.2) is 0 Å². The molecule has 1 heterocycles. The Kier molecular flexibility index (Phi) is 5.99. The summed E-state index contributed by atoms with van der Waals surface area (Å²) in [5, 5.41) is 1.24. The monoisotopic (exact) mass is 400 g/mol. The summed E-state index contributed by atoms with van der Waals surface area (Å²) in [4.78, 5) is 26.5. The van der Waals surface area contributed by atoms with Crippen LogP contribution >= 0.6 is 23.2 Å². The summed E-state index contributed by atoms with van der Waals surface area (Å²) >= 11 is 12.1. The molecule has 0 aliphatic heterocycles. The van der Waals surface area contributed by atoms with Crippen molar-refractivity contribution in [2.75, 3.05) is 7.05 Å². The van der Waals surface area contributed by atoms with Gasteiger partial charge in [0.05, 0.1) is 12.1 Å². The van der Waals surface area contributed by atoms with E-state index < -0.39 is 0 Å². The zero-order valence-electron chi connectivity index (χ0n) is 14.7. The van der Waals surface area contributed by atoms with E-state index in [4.69, 9.17) is 23.2 Å². The molecule has 0 aliphatic carbocycles. The second-order valence-corrected chi connectivity index (χ2v) is 7.11. The lowest BCUT2D eigenvalue weighted by Crippen LogP contribution is -2.28. The van der Waals surface area contributed by atoms with E-state index in [2.05, 4.69) is 0 Å². The Balaban J connectivity index is 1.80. The zero-order chi connectivity index (χ0) is 19.4. The van der Waals surface area contributed by atoms with Gasteiger partial charge in [-0.15, -0.1) is 0 Å². The average molecular weight is 401 g/mol. The van der Waals surface area contributed by atoms with E-state index in [1.165, 1.54) is 10.6 Å². The Labute approximate surface area is 167 Å². The maximum Gasteiger partial charge on any atom is 0.255 e. The summed E-state index contributed by atoms with van der Waals surface area (Å²) in [7, 11) is 1.72. The first-order chi connectivity index (χ1) is 12.9. The predicted molar refractivity (Wildman–Crippen MR) is 109 cm³/mol. The first-order valence-electron chi connectivity index (χ1n) is 8.38. The third-order valence-corrected chi connectivity index (χ3v) is 4.83. The van der Waals surface area contributed by atoms with Crippen LogP contribution in [-0.2, 0) is 13.1 Å². The van der Waals surface area contributed by atoms with Crippen LogP contribution in [-0.4, -0.2) is 22.4 Å². The van der Waals surface area contributed by atoms with Gasteiger partial charge in [-0.1, -0.05) is 53.5 Å². The lowest BCUT2D eigenvalue weighted by atomic mass is 10.2. The molecule has 2 aromatic carbocycles. The number of rotatable bonds is 5. The molecule has 0 saturated heterocycles. The number of carbonyl (C=O) groups excluding carboxylic acids is 1. The lowest BCUT2D eigenvalue weighted by Gasteiger charge is -2.18. The molecule has 0 saturated carbocycles. The van der Waals surface area contributed by atoms with Gasteiger partial charge >= 0.3 is 0 Å². The molecule has 0 bridgehead atoms. The quantitative estimate of drug-likeness (QED) is 0.633. The minimum Gasteiger partial charge on any atom is -0.337 e. The second-order valence-electron chi connectivity index (χ2n) is 6.26. The summed E-state index contributed by atoms with van der Waals surface area (Å²) in [6.45, 7) is 0.750. The molecule has 0 spiro atoms. The van der Waals surface area contributed by atoms with Gasteiger partial charge in [-0.25, -0.2) is 0 Å². The maximum absolute atomic E-state index is 12.8. The molecule has 3 rings (SSSR count). The van der Waals surface area contributed by atoms with E-state index in [1.54, 1.807) is 42.4 Å². The third-order valence-electron chi connectivity index (χ3n) is 4.21. The number of halogens is 2. The van der Waals surface area contributed by atoms with E-state index >= 15 is 0 Å². The largest absolute Gasteiger partial charge is 0.337 e. The molecular weight excluding hydrogens is 383 g/mol. The van der Waals surface area contributed by atoms with Gasteiger partial charge in [0.2, 0.25) is 0 Å². The highest BCUT2D eigenvalue weighted by atomic mass is 35.5. The summed E-state index contributed by atoms with van der Waals surface area (Å²) in [6, 6.07) is 17.6. The molecule has 0 radical (unpaired) electrons. The maximum atomic E-state index is 12.8. The molecule has 0 atom stereocenters. The van der Waals surface area contributed by atoms with Crippen molar-refractivity contribution in [2.24, 2.45) is 0 Å². The SMILES string of the molecule is CN(Cc1ccc(Cl)cc1)C(=O)c1ccc(=O)n(Cc2ccccc2Cl)c1. The number of hydrogen-bond donors (Lipinski definition) is 0. The van der Waals surface area contributed by atoms with Gasteiger partial charge in [0, 0.05) is 35.9 Å². The molecule has 0 fully saturated rings. The summed E-state index contributed by atoms with van der Waals surface area (Å²) in [5.41, 5.74) is 2.05. The van der Waals surface area contributed by atoms with Gasteiger partial charge in [-0.2, -0.15) is 0 Å². The number of amides is 1. The molecule has 0 unspecified atom stereocenters. The predicted octanol–water partition coefficient (Wildman–Crippen LogP) is 4.48. The fourth-order valence-electron chi connectivity index (χ4n) is 2.75. The molecule has 27 heavy (non-hydrogen) atoms. The lowest BCUT2D eigenvalue weighted by molar-refractivity contribution is 0.0784. The van der Waals surface area contributed by atoms with E-state index in [-0.39, 0.29) is 11.5 Å². The Morgan fingerprint density at radius 3 is 2.41 bits per heavy atom. The van der Waals surface area contributed by atoms with Crippen molar-refractivity contribution in [2.45, 2.75) is 13.1 Å². The Hall–Kier alpha value is -2.56. The number of benzene rings is 2. The Bertz CT molecular complexity index is 1010. The van der Waals surface area contributed by atoms with Crippen molar-refractivity contribution >= 4 is 29.1 Å². The van der Waals surface area contributed by atoms with Crippen LogP contribution in [0.5, 0.6) is 0 Å². The molecule has 1 aromatic heterocycles. The van der Waals surface area contributed by atoms with Gasteiger partial charge < -0.3 is 9.47 Å². The highest BCUT2D eigenvalue weighted by Crippen LogP contribution is 2.16. The van der Waals surface area contributed by atoms with Crippen molar-refractivity contribution in [1.29, 1.82) is 0 Å². The van der Waals surface area contributed by atoms with Crippen LogP contribution in [0.3, 0.4) is 0 Å². The minimum atomic E-state index is -0.188. The van der Waals surface area contributed by atoms with Crippen molar-refractivity contribution < 1.29 is 4.79 Å². The van der Waals surface area contributed by atoms with E-state index in [0.717, 1.165) is 11.1 Å². The van der Waals surface area contributed by atoms with Crippen LogP contribution in [0.1, 0.15) is 21.5 Å². The second kappa shape index (κ2) is 8.42. The number of aromatic nitrogens is 1. The third kappa shape index (κ3) is 4.79. The molecule has 4 nitrogen and oxygen atoms in total. The van der Waals surface area contributed by atoms with Crippen LogP contribution in [0, 0.1) is 0 Å². The summed E-state index contributed by atoms with van der Waals surface area (Å²) in [6.07, 6.45) is 1.58. The molecule has 1 amide bonds. The van der Waals surface area contributed by atoms with Crippen LogP contribution < -0.4 is 5.56 Å². The van der Waals surface area contributed by atoms with Crippen molar-refractivity contribution in [3.8, 4) is 0 Å². The van der Waals surface area contributed by atoms with Crippen molar-refractivity contribution in [1.82, 2.24) is 9.47 Å². The minimum absolute atomic E-state index is 0.169. The van der Waals surface area contributed by atoms with Gasteiger partial charge in [0.25, 0.3) is 11.5 Å². The number of carbonyl (C=O) groups is 1. The smallest absolute Gasteiger partial charge is 0.255 e. The first kappa shape index (κ1) is 19.2. The number of hydrogen-bond acceptors (Lipinski definition) is 2. The summed E-state index contributed by atoms with van der Waals surface area (Å²) in [5.74, 6) is -0.169. The van der Waals surface area contributed by atoms with Crippen molar-refractivity contribution in [3.05, 3.63) is 104 Å². The molecular formula is C21H18Cl2N2O2. The molecule has 0 N–H and O–H groups in total. The van der Waals surface area contributed by atoms with E-state index in [1.807, 2.05) is 30.3 Å². The van der Waals surface area contributed by atoms with E-state index in [9.17, 15) is 9.59 Å². The van der Waals surface area contributed by atoms with Crippen LogP contribution in [0.15, 0.2) is 71.7 Å². The van der Waals surface area contributed by atoms with Crippen LogP contribution in [0.4, 0.5) is 0 Å². The standard InChI is InChI=1S/C21H18Cl2N2O2/c1-24(12-15-6-9-18(22)10-7-15)21(27)17-8-11-20(26)25(14-17)13-16-4-2-3-5-19(16)23/h2-11,14H,12-13H2,1H3. The first-order valence-corrected chi connectivity index (χ1v) is 9.13. The fraction of sp³-hybridized carbons (Fsp3) is 0.143. The topological polar surface area (TPSA) is 42.3 Å². The van der Waals surface area contributed by atoms with Crippen molar-refractivity contribution in [3.63, 3.8) is 0 Å². The fourth-order valence-corrected chi connectivity index (χ4v) is 3.07. The highest BCUT2D eigenvalue weighted by molar-refractivity contribution is 6.31. The highest BCUT2D eigenvalue weighted by Gasteiger charge is 2.14. The average Bonchev–Trinajstić information content (AvgIpc) is 2.66. The van der Waals surface area contributed by atoms with Gasteiger partial charge in [-0.3, -0.25) is 9.59 Å². The molecule has 6 heteroatoms. The molecule has 3 aromatic rings. The van der Waals surface area contributed by atoms with Gasteiger partial charge in [0.1, 0.15) is 0 Å². The Morgan fingerprint density at radius 2 is 1.70 bits per heavy atom.